The van der Waals surface area contributed by atoms with Crippen LogP contribution in [-0.2, 0) is 4.79 Å². The molecular formula is C20H30N4O3. The van der Waals surface area contributed by atoms with Crippen LogP contribution in [0.5, 0.6) is 0 Å². The fourth-order valence-electron chi connectivity index (χ4n) is 4.29. The summed E-state index contributed by atoms with van der Waals surface area (Å²) in [6.45, 7) is 5.91. The summed E-state index contributed by atoms with van der Waals surface area (Å²) in [5.41, 5.74) is 0.369. The zero-order valence-corrected chi connectivity index (χ0v) is 16.2. The number of hydrogen-bond donors (Lipinski definition) is 1. The standard InChI is InChI=1S/C20H30N4O3/c1-14-12-16(21-20(26)17-13-18(27-22-17)15-4-5-15)6-11-24(14)19(25)7-10-23-8-2-3-9-23/h13-16H,2-12H2,1H3,(H,21,26). The van der Waals surface area contributed by atoms with E-state index in [2.05, 4.69) is 22.3 Å². The highest BCUT2D eigenvalue weighted by Crippen LogP contribution is 2.40. The number of aromatic nitrogens is 1. The SMILES string of the molecule is CC1CC(NC(=O)c2cc(C3CC3)on2)CCN1C(=O)CCN1CCCC1. The van der Waals surface area contributed by atoms with Crippen LogP contribution in [0.2, 0.25) is 0 Å². The largest absolute Gasteiger partial charge is 0.360 e. The topological polar surface area (TPSA) is 78.7 Å². The van der Waals surface area contributed by atoms with Gasteiger partial charge in [0.05, 0.1) is 0 Å². The van der Waals surface area contributed by atoms with Crippen molar-refractivity contribution >= 4 is 11.8 Å². The first-order valence-electron chi connectivity index (χ1n) is 10.4. The van der Waals surface area contributed by atoms with Gasteiger partial charge in [-0.25, -0.2) is 0 Å². The maximum Gasteiger partial charge on any atom is 0.273 e. The van der Waals surface area contributed by atoms with Crippen molar-refractivity contribution in [3.8, 4) is 0 Å². The van der Waals surface area contributed by atoms with Crippen LogP contribution in [0.15, 0.2) is 10.6 Å². The van der Waals surface area contributed by atoms with E-state index in [1.165, 1.54) is 12.8 Å². The van der Waals surface area contributed by atoms with Gasteiger partial charge < -0.3 is 19.6 Å². The number of piperidine rings is 1. The first-order chi connectivity index (χ1) is 13.1. The minimum Gasteiger partial charge on any atom is -0.360 e. The lowest BCUT2D eigenvalue weighted by Gasteiger charge is -2.38. The second kappa shape index (κ2) is 8.00. The number of carbonyl (C=O) groups excluding carboxylic acids is 2. The van der Waals surface area contributed by atoms with Crippen molar-refractivity contribution in [1.82, 2.24) is 20.3 Å². The molecule has 2 unspecified atom stereocenters. The summed E-state index contributed by atoms with van der Waals surface area (Å²) in [5.74, 6) is 1.35. The third-order valence-electron chi connectivity index (χ3n) is 6.11. The molecule has 1 aromatic rings. The summed E-state index contributed by atoms with van der Waals surface area (Å²) in [5, 5.41) is 6.98. The maximum atomic E-state index is 12.6. The Balaban J connectivity index is 1.23. The van der Waals surface area contributed by atoms with E-state index in [9.17, 15) is 9.59 Å². The molecule has 2 atom stereocenters. The van der Waals surface area contributed by atoms with Gasteiger partial charge in [0.25, 0.3) is 5.91 Å². The van der Waals surface area contributed by atoms with Gasteiger partial charge in [0.2, 0.25) is 5.91 Å². The lowest BCUT2D eigenvalue weighted by molar-refractivity contribution is -0.135. The highest BCUT2D eigenvalue weighted by molar-refractivity contribution is 5.92. The highest BCUT2D eigenvalue weighted by Gasteiger charge is 2.32. The predicted molar refractivity (Wildman–Crippen MR) is 100 cm³/mol. The molecule has 1 saturated carbocycles. The van der Waals surface area contributed by atoms with E-state index in [1.54, 1.807) is 6.07 Å². The lowest BCUT2D eigenvalue weighted by atomic mass is 9.97. The van der Waals surface area contributed by atoms with E-state index in [0.29, 0.717) is 24.6 Å². The Labute approximate surface area is 160 Å². The predicted octanol–water partition coefficient (Wildman–Crippen LogP) is 2.15. The van der Waals surface area contributed by atoms with Crippen LogP contribution in [-0.4, -0.2) is 65.0 Å². The van der Waals surface area contributed by atoms with Gasteiger partial charge in [0.15, 0.2) is 5.69 Å². The van der Waals surface area contributed by atoms with Crippen LogP contribution in [0, 0.1) is 0 Å². The smallest absolute Gasteiger partial charge is 0.273 e. The molecule has 1 N–H and O–H groups in total. The van der Waals surface area contributed by atoms with Crippen LogP contribution in [0.3, 0.4) is 0 Å². The number of nitrogens with zero attached hydrogens (tertiary/aromatic N) is 3. The van der Waals surface area contributed by atoms with E-state index >= 15 is 0 Å². The summed E-state index contributed by atoms with van der Waals surface area (Å²) in [6, 6.07) is 2.00. The van der Waals surface area contributed by atoms with Crippen molar-refractivity contribution in [2.24, 2.45) is 0 Å². The number of likely N-dealkylation sites (tertiary alicyclic amines) is 2. The first-order valence-corrected chi connectivity index (χ1v) is 10.4. The average Bonchev–Trinajstić information content (AvgIpc) is 3.17. The molecule has 4 rings (SSSR count). The molecule has 3 aliphatic rings. The van der Waals surface area contributed by atoms with Crippen LogP contribution in [0.25, 0.3) is 0 Å². The zero-order valence-electron chi connectivity index (χ0n) is 16.2. The van der Waals surface area contributed by atoms with Gasteiger partial charge >= 0.3 is 0 Å². The normalized spacial score (nSPS) is 26.3. The van der Waals surface area contributed by atoms with Crippen molar-refractivity contribution in [3.63, 3.8) is 0 Å². The minimum absolute atomic E-state index is 0.0798. The van der Waals surface area contributed by atoms with Crippen molar-refractivity contribution in [1.29, 1.82) is 0 Å². The second-order valence-electron chi connectivity index (χ2n) is 8.32. The Morgan fingerprint density at radius 3 is 2.70 bits per heavy atom. The molecule has 7 nitrogen and oxygen atoms in total. The third kappa shape index (κ3) is 4.51. The number of nitrogens with one attached hydrogen (secondary N) is 1. The van der Waals surface area contributed by atoms with E-state index in [4.69, 9.17) is 4.52 Å². The molecule has 0 aromatic carbocycles. The Hall–Kier alpha value is -1.89. The van der Waals surface area contributed by atoms with Crippen molar-refractivity contribution in [2.45, 2.75) is 69.9 Å². The molecular weight excluding hydrogens is 344 g/mol. The summed E-state index contributed by atoms with van der Waals surface area (Å²) in [4.78, 5) is 29.4. The Kier molecular flexibility index (Phi) is 5.48. The van der Waals surface area contributed by atoms with Gasteiger partial charge in [0.1, 0.15) is 5.76 Å². The first kappa shape index (κ1) is 18.5. The van der Waals surface area contributed by atoms with Gasteiger partial charge in [-0.15, -0.1) is 0 Å². The maximum absolute atomic E-state index is 12.6. The van der Waals surface area contributed by atoms with Crippen molar-refractivity contribution in [2.75, 3.05) is 26.2 Å². The van der Waals surface area contributed by atoms with Gasteiger partial charge in [0, 0.05) is 43.6 Å². The Morgan fingerprint density at radius 1 is 1.22 bits per heavy atom. The molecule has 3 fully saturated rings. The monoisotopic (exact) mass is 374 g/mol. The zero-order chi connectivity index (χ0) is 18.8. The van der Waals surface area contributed by atoms with E-state index < -0.39 is 0 Å². The highest BCUT2D eigenvalue weighted by atomic mass is 16.5. The van der Waals surface area contributed by atoms with Crippen molar-refractivity contribution in [3.05, 3.63) is 17.5 Å². The minimum atomic E-state index is -0.170. The molecule has 27 heavy (non-hydrogen) atoms. The van der Waals surface area contributed by atoms with E-state index in [0.717, 1.165) is 51.1 Å². The van der Waals surface area contributed by atoms with Gasteiger partial charge in [-0.2, -0.15) is 0 Å². The summed E-state index contributed by atoms with van der Waals surface area (Å²) in [6.07, 6.45) is 6.93. The van der Waals surface area contributed by atoms with Crippen LogP contribution in [0.4, 0.5) is 0 Å². The molecule has 2 saturated heterocycles. The summed E-state index contributed by atoms with van der Waals surface area (Å²) >= 11 is 0. The second-order valence-corrected chi connectivity index (χ2v) is 8.32. The van der Waals surface area contributed by atoms with E-state index in [1.807, 2.05) is 4.90 Å². The quantitative estimate of drug-likeness (QED) is 0.825. The van der Waals surface area contributed by atoms with Crippen LogP contribution in [0.1, 0.15) is 74.0 Å². The molecule has 0 radical (unpaired) electrons. The summed E-state index contributed by atoms with van der Waals surface area (Å²) < 4.78 is 5.27. The van der Waals surface area contributed by atoms with Gasteiger partial charge in [-0.05, 0) is 58.5 Å². The molecule has 0 bridgehead atoms. The third-order valence-corrected chi connectivity index (χ3v) is 6.11. The number of hydrogen-bond acceptors (Lipinski definition) is 5. The molecule has 3 heterocycles. The van der Waals surface area contributed by atoms with Crippen LogP contribution >= 0.6 is 0 Å². The molecule has 1 aromatic heterocycles. The Bertz CT molecular complexity index is 679. The fourth-order valence-corrected chi connectivity index (χ4v) is 4.29. The fraction of sp³-hybridized carbons (Fsp3) is 0.750. The molecule has 2 amide bonds. The molecule has 2 aliphatic heterocycles. The average molecular weight is 374 g/mol. The van der Waals surface area contributed by atoms with Crippen molar-refractivity contribution < 1.29 is 14.1 Å². The lowest BCUT2D eigenvalue weighted by Crippen LogP contribution is -2.51. The Morgan fingerprint density at radius 2 is 2.00 bits per heavy atom. The number of amides is 2. The van der Waals surface area contributed by atoms with Gasteiger partial charge in [-0.3, -0.25) is 9.59 Å². The summed E-state index contributed by atoms with van der Waals surface area (Å²) in [7, 11) is 0. The molecule has 7 heteroatoms. The van der Waals surface area contributed by atoms with Gasteiger partial charge in [-0.1, -0.05) is 5.16 Å². The molecule has 1 aliphatic carbocycles. The number of carbonyl (C=O) groups is 2. The molecule has 0 spiro atoms. The molecule has 148 valence electrons. The van der Waals surface area contributed by atoms with E-state index in [-0.39, 0.29) is 23.9 Å². The number of rotatable bonds is 6. The van der Waals surface area contributed by atoms with Crippen LogP contribution < -0.4 is 5.32 Å².